The maximum atomic E-state index is 12.9. The number of amides is 2. The van der Waals surface area contributed by atoms with Crippen LogP contribution in [0, 0.1) is 0 Å². The quantitative estimate of drug-likeness (QED) is 0.204. The fourth-order valence-electron chi connectivity index (χ4n) is 4.11. The fraction of sp³-hybridized carbons (Fsp3) is 0.100. The first-order chi connectivity index (χ1) is 18.0. The van der Waals surface area contributed by atoms with Crippen molar-refractivity contribution in [1.29, 1.82) is 0 Å². The predicted molar refractivity (Wildman–Crippen MR) is 145 cm³/mol. The van der Waals surface area contributed by atoms with Gasteiger partial charge in [0, 0.05) is 5.56 Å². The van der Waals surface area contributed by atoms with Crippen molar-refractivity contribution in [2.45, 2.75) is 6.61 Å². The van der Waals surface area contributed by atoms with Gasteiger partial charge in [-0.2, -0.15) is 0 Å². The van der Waals surface area contributed by atoms with Gasteiger partial charge in [-0.1, -0.05) is 78.9 Å². The van der Waals surface area contributed by atoms with Crippen LogP contribution in [0.25, 0.3) is 16.8 Å². The molecule has 0 aliphatic carbocycles. The van der Waals surface area contributed by atoms with Crippen LogP contribution in [0.4, 0.5) is 4.79 Å². The Balaban J connectivity index is 1.31. The number of benzene rings is 4. The zero-order chi connectivity index (χ0) is 25.8. The van der Waals surface area contributed by atoms with Gasteiger partial charge in [0.25, 0.3) is 11.1 Å². The summed E-state index contributed by atoms with van der Waals surface area (Å²) in [5.41, 5.74) is 2.19. The first-order valence-corrected chi connectivity index (χ1v) is 12.5. The summed E-state index contributed by atoms with van der Waals surface area (Å²) >= 11 is 0.814. The molecule has 4 aromatic rings. The molecular formula is C30H23NO5S. The number of methoxy groups -OCH3 is 1. The molecule has 0 saturated carbocycles. The number of Topliss-reactive ketones (excluding diaryl/α,β-unsaturated/α-hetero) is 1. The smallest absolute Gasteiger partial charge is 0.293 e. The van der Waals surface area contributed by atoms with Crippen LogP contribution in [0.5, 0.6) is 11.5 Å². The molecule has 7 heteroatoms. The van der Waals surface area contributed by atoms with Gasteiger partial charge in [0.1, 0.15) is 6.61 Å². The molecule has 184 valence electrons. The Morgan fingerprint density at radius 2 is 1.65 bits per heavy atom. The van der Waals surface area contributed by atoms with Crippen molar-refractivity contribution in [3.63, 3.8) is 0 Å². The van der Waals surface area contributed by atoms with Gasteiger partial charge >= 0.3 is 0 Å². The summed E-state index contributed by atoms with van der Waals surface area (Å²) in [5, 5.41) is 1.80. The Morgan fingerprint density at radius 3 is 2.46 bits per heavy atom. The van der Waals surface area contributed by atoms with Crippen molar-refractivity contribution in [1.82, 2.24) is 4.90 Å². The normalized spacial score (nSPS) is 14.4. The third-order valence-electron chi connectivity index (χ3n) is 6.02. The van der Waals surface area contributed by atoms with E-state index in [0.717, 1.165) is 33.0 Å². The van der Waals surface area contributed by atoms with Crippen molar-refractivity contribution in [3.05, 3.63) is 113 Å². The number of ether oxygens (including phenoxy) is 2. The molecule has 1 heterocycles. The second-order valence-corrected chi connectivity index (χ2v) is 9.39. The summed E-state index contributed by atoms with van der Waals surface area (Å²) in [6.45, 7) is 0.0711. The van der Waals surface area contributed by atoms with Crippen LogP contribution >= 0.6 is 11.8 Å². The highest BCUT2D eigenvalue weighted by atomic mass is 32.2. The molecule has 0 unspecified atom stereocenters. The minimum atomic E-state index is -0.491. The third kappa shape index (κ3) is 5.27. The van der Waals surface area contributed by atoms with Gasteiger partial charge in [-0.15, -0.1) is 0 Å². The first kappa shape index (κ1) is 24.3. The van der Waals surface area contributed by atoms with Gasteiger partial charge in [-0.3, -0.25) is 19.3 Å². The van der Waals surface area contributed by atoms with Gasteiger partial charge in [0.05, 0.1) is 18.6 Å². The standard InChI is InChI=1S/C30H23NO5S/c1-35-27-16-20(14-15-26(27)36-19-23-12-7-11-21-8-5-6-13-24(21)23)17-28-29(33)31(30(34)37-28)18-25(32)22-9-3-2-4-10-22/h2-17H,18-19H2,1H3/b28-17+. The van der Waals surface area contributed by atoms with E-state index in [1.807, 2.05) is 24.3 Å². The predicted octanol–water partition coefficient (Wildman–Crippen LogP) is 6.35. The monoisotopic (exact) mass is 509 g/mol. The fourth-order valence-corrected chi connectivity index (χ4v) is 4.95. The van der Waals surface area contributed by atoms with Crippen LogP contribution in [0.1, 0.15) is 21.5 Å². The van der Waals surface area contributed by atoms with E-state index in [2.05, 4.69) is 18.2 Å². The second-order valence-electron chi connectivity index (χ2n) is 8.39. The molecule has 0 aromatic heterocycles. The minimum absolute atomic E-state index is 0.248. The van der Waals surface area contributed by atoms with E-state index in [-0.39, 0.29) is 17.2 Å². The highest BCUT2D eigenvalue weighted by Crippen LogP contribution is 2.35. The number of thioether (sulfide) groups is 1. The zero-order valence-electron chi connectivity index (χ0n) is 20.0. The van der Waals surface area contributed by atoms with Crippen LogP contribution in [0.3, 0.4) is 0 Å². The van der Waals surface area contributed by atoms with E-state index in [1.54, 1.807) is 61.7 Å². The van der Waals surface area contributed by atoms with Crippen molar-refractivity contribution >= 4 is 45.5 Å². The Bertz CT molecular complexity index is 1520. The Labute approximate surface area is 218 Å². The largest absolute Gasteiger partial charge is 0.493 e. The van der Waals surface area contributed by atoms with Crippen LogP contribution < -0.4 is 9.47 Å². The average molecular weight is 510 g/mol. The lowest BCUT2D eigenvalue weighted by molar-refractivity contribution is -0.122. The van der Waals surface area contributed by atoms with E-state index in [1.165, 1.54) is 0 Å². The molecule has 2 amide bonds. The number of carbonyl (C=O) groups excluding carboxylic acids is 3. The molecule has 1 aliphatic rings. The molecule has 0 N–H and O–H groups in total. The number of rotatable bonds is 8. The molecule has 0 bridgehead atoms. The zero-order valence-corrected chi connectivity index (χ0v) is 20.9. The number of nitrogens with zero attached hydrogens (tertiary/aromatic N) is 1. The molecule has 37 heavy (non-hydrogen) atoms. The molecule has 5 rings (SSSR count). The summed E-state index contributed by atoms with van der Waals surface area (Å²) < 4.78 is 11.6. The van der Waals surface area contributed by atoms with Crippen molar-refractivity contribution in [2.24, 2.45) is 0 Å². The Morgan fingerprint density at radius 1 is 0.892 bits per heavy atom. The van der Waals surface area contributed by atoms with E-state index in [4.69, 9.17) is 9.47 Å². The van der Waals surface area contributed by atoms with E-state index in [9.17, 15) is 14.4 Å². The lowest BCUT2D eigenvalue weighted by atomic mass is 10.1. The first-order valence-electron chi connectivity index (χ1n) is 11.6. The van der Waals surface area contributed by atoms with Crippen LogP contribution in [0.2, 0.25) is 0 Å². The number of hydrogen-bond donors (Lipinski definition) is 0. The molecule has 6 nitrogen and oxygen atoms in total. The van der Waals surface area contributed by atoms with Crippen LogP contribution in [-0.2, 0) is 11.4 Å². The molecule has 0 atom stereocenters. The van der Waals surface area contributed by atoms with Gasteiger partial charge in [-0.05, 0) is 51.9 Å². The van der Waals surface area contributed by atoms with Crippen LogP contribution in [0.15, 0.2) is 95.9 Å². The number of fused-ring (bicyclic) bond motifs is 1. The maximum absolute atomic E-state index is 12.9. The minimum Gasteiger partial charge on any atom is -0.493 e. The maximum Gasteiger partial charge on any atom is 0.293 e. The topological polar surface area (TPSA) is 72.9 Å². The molecule has 1 aliphatic heterocycles. The van der Waals surface area contributed by atoms with Gasteiger partial charge in [-0.25, -0.2) is 0 Å². The van der Waals surface area contributed by atoms with Gasteiger partial charge in [0.15, 0.2) is 17.3 Å². The highest BCUT2D eigenvalue weighted by Gasteiger charge is 2.36. The summed E-state index contributed by atoms with van der Waals surface area (Å²) in [6.07, 6.45) is 1.62. The van der Waals surface area contributed by atoms with Crippen molar-refractivity contribution in [3.8, 4) is 11.5 Å². The Kier molecular flexibility index (Phi) is 7.05. The molecule has 1 fully saturated rings. The van der Waals surface area contributed by atoms with Gasteiger partial charge in [0.2, 0.25) is 0 Å². The second kappa shape index (κ2) is 10.7. The summed E-state index contributed by atoms with van der Waals surface area (Å²) in [5.74, 6) is 0.287. The molecule has 0 radical (unpaired) electrons. The van der Waals surface area contributed by atoms with Crippen molar-refractivity contribution < 1.29 is 23.9 Å². The number of carbonyl (C=O) groups is 3. The highest BCUT2D eigenvalue weighted by molar-refractivity contribution is 8.18. The third-order valence-corrected chi connectivity index (χ3v) is 6.93. The van der Waals surface area contributed by atoms with E-state index >= 15 is 0 Å². The molecular weight excluding hydrogens is 486 g/mol. The lowest BCUT2D eigenvalue weighted by Crippen LogP contribution is -2.33. The van der Waals surface area contributed by atoms with Gasteiger partial charge < -0.3 is 9.47 Å². The Hall–Kier alpha value is -4.36. The number of ketones is 1. The summed E-state index contributed by atoms with van der Waals surface area (Å²) in [4.78, 5) is 39.1. The number of hydrogen-bond acceptors (Lipinski definition) is 6. The molecule has 1 saturated heterocycles. The van der Waals surface area contributed by atoms with Crippen LogP contribution in [-0.4, -0.2) is 35.5 Å². The number of imide groups is 1. The van der Waals surface area contributed by atoms with Crippen molar-refractivity contribution in [2.75, 3.05) is 13.7 Å². The summed E-state index contributed by atoms with van der Waals surface area (Å²) in [6, 6.07) is 28.2. The average Bonchev–Trinajstić information content (AvgIpc) is 3.19. The van der Waals surface area contributed by atoms with E-state index < -0.39 is 11.1 Å². The molecule has 0 spiro atoms. The lowest BCUT2D eigenvalue weighted by Gasteiger charge is -2.13. The molecule has 4 aromatic carbocycles. The summed E-state index contributed by atoms with van der Waals surface area (Å²) in [7, 11) is 1.55. The van der Waals surface area contributed by atoms with E-state index in [0.29, 0.717) is 29.2 Å². The SMILES string of the molecule is COc1cc(/C=C2/SC(=O)N(CC(=O)c3ccccc3)C2=O)ccc1OCc1cccc2ccccc12.